The molecule has 18 heavy (non-hydrogen) atoms. The normalized spacial score (nSPS) is 11.4. The predicted octanol–water partition coefficient (Wildman–Crippen LogP) is 1.71. The number of aromatic nitrogens is 1. The molecule has 0 spiro atoms. The molecule has 2 aromatic rings. The highest BCUT2D eigenvalue weighted by atomic mass is 32.2. The van der Waals surface area contributed by atoms with Crippen molar-refractivity contribution in [2.24, 2.45) is 5.73 Å². The topological polar surface area (TPSA) is 85.1 Å². The number of pyridine rings is 1. The molecule has 5 nitrogen and oxygen atoms in total. The van der Waals surface area contributed by atoms with Crippen molar-refractivity contribution in [3.63, 3.8) is 0 Å². The minimum atomic E-state index is -3.54. The fourth-order valence-corrected chi connectivity index (χ4v) is 3.62. The van der Waals surface area contributed by atoms with Crippen LogP contribution in [-0.2, 0) is 16.6 Å². The van der Waals surface area contributed by atoms with E-state index in [0.717, 1.165) is 10.6 Å². The summed E-state index contributed by atoms with van der Waals surface area (Å²) >= 11 is 1.17. The third-order valence-corrected chi connectivity index (χ3v) is 5.25. The van der Waals surface area contributed by atoms with Crippen molar-refractivity contribution in [2.75, 3.05) is 4.72 Å². The summed E-state index contributed by atoms with van der Waals surface area (Å²) < 4.78 is 26.8. The quantitative estimate of drug-likeness (QED) is 0.894. The zero-order chi connectivity index (χ0) is 13.2. The number of thiophene rings is 1. The number of nitrogens with two attached hydrogens (primary N) is 1. The van der Waals surface area contributed by atoms with Crippen LogP contribution in [0, 0.1) is 6.92 Å². The van der Waals surface area contributed by atoms with Crippen LogP contribution in [0.4, 0.5) is 5.69 Å². The van der Waals surface area contributed by atoms with E-state index in [4.69, 9.17) is 5.73 Å². The Balaban J connectivity index is 2.24. The summed E-state index contributed by atoms with van der Waals surface area (Å²) in [6.45, 7) is 2.18. The number of anilines is 1. The third kappa shape index (κ3) is 2.87. The average molecular weight is 283 g/mol. The summed E-state index contributed by atoms with van der Waals surface area (Å²) in [7, 11) is -3.54. The van der Waals surface area contributed by atoms with Crippen LogP contribution in [0.1, 0.15) is 10.6 Å². The first-order valence-corrected chi connectivity index (χ1v) is 7.55. The van der Waals surface area contributed by atoms with Crippen molar-refractivity contribution in [1.29, 1.82) is 0 Å². The molecular weight excluding hydrogens is 270 g/mol. The summed E-state index contributed by atoms with van der Waals surface area (Å²) in [5.41, 5.74) is 6.74. The Bertz CT molecular complexity index is 633. The van der Waals surface area contributed by atoms with Gasteiger partial charge in [0.2, 0.25) is 0 Å². The molecule has 3 N–H and O–H groups in total. The lowest BCUT2D eigenvalue weighted by atomic mass is 10.4. The van der Waals surface area contributed by atoms with Crippen LogP contribution in [0.3, 0.4) is 0 Å². The number of aryl methyl sites for hydroxylation is 1. The highest BCUT2D eigenvalue weighted by molar-refractivity contribution is 7.94. The van der Waals surface area contributed by atoms with E-state index in [9.17, 15) is 8.42 Å². The third-order valence-electron chi connectivity index (χ3n) is 2.27. The fourth-order valence-electron chi connectivity index (χ4n) is 1.35. The summed E-state index contributed by atoms with van der Waals surface area (Å²) in [4.78, 5) is 4.87. The van der Waals surface area contributed by atoms with Gasteiger partial charge in [0.25, 0.3) is 10.0 Å². The van der Waals surface area contributed by atoms with Gasteiger partial charge in [0.05, 0.1) is 11.9 Å². The van der Waals surface area contributed by atoms with E-state index in [2.05, 4.69) is 9.71 Å². The molecule has 2 aromatic heterocycles. The summed E-state index contributed by atoms with van der Waals surface area (Å²) in [5.74, 6) is 0. The molecule has 0 atom stereocenters. The molecule has 0 radical (unpaired) electrons. The van der Waals surface area contributed by atoms with E-state index >= 15 is 0 Å². The van der Waals surface area contributed by atoms with Gasteiger partial charge in [-0.15, -0.1) is 11.3 Å². The van der Waals surface area contributed by atoms with Gasteiger partial charge in [-0.05, 0) is 31.2 Å². The fraction of sp³-hybridized carbons (Fsp3) is 0.182. The van der Waals surface area contributed by atoms with E-state index in [1.54, 1.807) is 24.3 Å². The second-order valence-electron chi connectivity index (χ2n) is 3.72. The Morgan fingerprint density at radius 3 is 2.67 bits per heavy atom. The van der Waals surface area contributed by atoms with Crippen LogP contribution in [0.25, 0.3) is 0 Å². The highest BCUT2D eigenvalue weighted by Crippen LogP contribution is 2.23. The Kier molecular flexibility index (Phi) is 3.65. The van der Waals surface area contributed by atoms with Gasteiger partial charge in [-0.25, -0.2) is 8.42 Å². The maximum atomic E-state index is 12.0. The minimum absolute atomic E-state index is 0.253. The van der Waals surface area contributed by atoms with Crippen LogP contribution in [0.2, 0.25) is 0 Å². The smallest absolute Gasteiger partial charge is 0.271 e. The van der Waals surface area contributed by atoms with E-state index < -0.39 is 10.0 Å². The first-order chi connectivity index (χ1) is 8.51. The van der Waals surface area contributed by atoms with Gasteiger partial charge in [-0.1, -0.05) is 0 Å². The number of nitrogens with one attached hydrogen (secondary N) is 1. The molecule has 2 rings (SSSR count). The maximum Gasteiger partial charge on any atom is 0.271 e. The molecule has 0 aliphatic rings. The Labute approximate surface area is 110 Å². The van der Waals surface area contributed by atoms with Crippen molar-refractivity contribution in [1.82, 2.24) is 4.98 Å². The molecule has 0 aromatic carbocycles. The van der Waals surface area contributed by atoms with Gasteiger partial charge in [0.15, 0.2) is 0 Å². The summed E-state index contributed by atoms with van der Waals surface area (Å²) in [5, 5.41) is 0. The molecule has 0 saturated carbocycles. The molecule has 0 bridgehead atoms. The molecule has 0 aliphatic carbocycles. The van der Waals surface area contributed by atoms with Crippen LogP contribution in [0.15, 0.2) is 34.7 Å². The van der Waals surface area contributed by atoms with Crippen molar-refractivity contribution in [2.45, 2.75) is 17.7 Å². The van der Waals surface area contributed by atoms with Crippen LogP contribution >= 0.6 is 11.3 Å². The summed E-state index contributed by atoms with van der Waals surface area (Å²) in [6, 6.07) is 6.69. The molecule has 0 amide bonds. The van der Waals surface area contributed by atoms with E-state index in [-0.39, 0.29) is 4.21 Å². The van der Waals surface area contributed by atoms with Crippen LogP contribution in [-0.4, -0.2) is 13.4 Å². The van der Waals surface area contributed by atoms with E-state index in [0.29, 0.717) is 12.2 Å². The number of rotatable bonds is 4. The van der Waals surface area contributed by atoms with Gasteiger partial charge in [-0.2, -0.15) is 0 Å². The van der Waals surface area contributed by atoms with Crippen molar-refractivity contribution in [3.8, 4) is 0 Å². The number of nitrogens with zero attached hydrogens (tertiary/aromatic N) is 1. The van der Waals surface area contributed by atoms with Crippen LogP contribution < -0.4 is 10.5 Å². The maximum absolute atomic E-state index is 12.0. The van der Waals surface area contributed by atoms with Crippen molar-refractivity contribution < 1.29 is 8.42 Å². The molecule has 96 valence electrons. The lowest BCUT2D eigenvalue weighted by molar-refractivity contribution is 0.603. The predicted molar refractivity (Wildman–Crippen MR) is 72.0 cm³/mol. The first-order valence-electron chi connectivity index (χ1n) is 5.25. The molecule has 2 heterocycles. The van der Waals surface area contributed by atoms with Gasteiger partial charge in [0, 0.05) is 17.1 Å². The zero-order valence-electron chi connectivity index (χ0n) is 9.75. The Hall–Kier alpha value is -1.44. The molecule has 7 heteroatoms. The molecular formula is C11H13N3O2S2. The second-order valence-corrected chi connectivity index (χ2v) is 6.80. The molecule has 0 unspecified atom stereocenters. The van der Waals surface area contributed by atoms with Gasteiger partial charge in [0.1, 0.15) is 4.21 Å². The van der Waals surface area contributed by atoms with Gasteiger partial charge in [-0.3, -0.25) is 9.71 Å². The second kappa shape index (κ2) is 5.05. The Morgan fingerprint density at radius 1 is 1.33 bits per heavy atom. The zero-order valence-corrected chi connectivity index (χ0v) is 11.4. The average Bonchev–Trinajstić information content (AvgIpc) is 2.81. The lowest BCUT2D eigenvalue weighted by Crippen LogP contribution is -2.11. The molecule has 0 saturated heterocycles. The summed E-state index contributed by atoms with van der Waals surface area (Å²) in [6.07, 6.45) is 1.49. The minimum Gasteiger partial charge on any atom is -0.326 e. The van der Waals surface area contributed by atoms with Gasteiger partial charge < -0.3 is 5.73 Å². The standard InChI is InChI=1S/C11H13N3O2S2/c1-8-2-3-9(7-13-8)14-18(15,16)11-5-4-10(6-12)17-11/h2-5,7,14H,6,12H2,1H3. The number of hydrogen-bond acceptors (Lipinski definition) is 5. The van der Waals surface area contributed by atoms with Crippen LogP contribution in [0.5, 0.6) is 0 Å². The van der Waals surface area contributed by atoms with E-state index in [1.807, 2.05) is 6.92 Å². The van der Waals surface area contributed by atoms with Crippen molar-refractivity contribution in [3.05, 3.63) is 41.0 Å². The largest absolute Gasteiger partial charge is 0.326 e. The molecule has 0 fully saturated rings. The molecule has 0 aliphatic heterocycles. The highest BCUT2D eigenvalue weighted by Gasteiger charge is 2.16. The monoisotopic (exact) mass is 283 g/mol. The van der Waals surface area contributed by atoms with Gasteiger partial charge >= 0.3 is 0 Å². The number of hydrogen-bond donors (Lipinski definition) is 2. The number of sulfonamides is 1. The van der Waals surface area contributed by atoms with Crippen molar-refractivity contribution >= 4 is 27.0 Å². The SMILES string of the molecule is Cc1ccc(NS(=O)(=O)c2ccc(CN)s2)cn1. The first kappa shape index (κ1) is 13.0. The van der Waals surface area contributed by atoms with E-state index in [1.165, 1.54) is 17.5 Å². The lowest BCUT2D eigenvalue weighted by Gasteiger charge is -2.05. The Morgan fingerprint density at radius 2 is 2.11 bits per heavy atom.